The van der Waals surface area contributed by atoms with Gasteiger partial charge in [-0.2, -0.15) is 5.10 Å². The Balaban J connectivity index is 0.000000181. The number of halogens is 2. The van der Waals surface area contributed by atoms with Crippen molar-refractivity contribution in [1.29, 1.82) is 0 Å². The zero-order valence-electron chi connectivity index (χ0n) is 36.9. The van der Waals surface area contributed by atoms with Crippen LogP contribution in [0.25, 0.3) is 11.3 Å². The van der Waals surface area contributed by atoms with Crippen LogP contribution in [0.2, 0.25) is 0 Å². The molecule has 0 aliphatic carbocycles. The highest BCUT2D eigenvalue weighted by Gasteiger charge is 2.34. The third-order valence-electron chi connectivity index (χ3n) is 12.6. The van der Waals surface area contributed by atoms with Crippen molar-refractivity contribution >= 4 is 46.5 Å². The fourth-order valence-electron chi connectivity index (χ4n) is 9.03. The SMILES string of the molecule is C=CC(=C)N1C[C@@H](Nc2nc(-c3cnn(C)c3)c3c(c2F)CNC3=O)CC[C@H]1C.C=CC(=O)N1CCCC[C@@H](Nc2nc(Nc3ccc(N4CCOCC4)cc3)c3c(c2F)CNC3=O)C1. The Labute approximate surface area is 377 Å². The molecule has 0 bridgehead atoms. The average Bonchev–Trinajstić information content (AvgIpc) is 4.00. The molecule has 1 aromatic carbocycles. The number of aryl methyl sites for hydroxylation is 1. The van der Waals surface area contributed by atoms with Crippen molar-refractivity contribution in [2.75, 3.05) is 66.8 Å². The first kappa shape index (κ1) is 44.8. The number of aromatic nitrogens is 4. The molecule has 8 heterocycles. The molecule has 3 fully saturated rings. The van der Waals surface area contributed by atoms with Gasteiger partial charge in [-0.05, 0) is 75.4 Å². The first-order valence-corrected chi connectivity index (χ1v) is 22.1. The van der Waals surface area contributed by atoms with Gasteiger partial charge < -0.3 is 46.0 Å². The van der Waals surface area contributed by atoms with Crippen molar-refractivity contribution in [2.24, 2.45) is 7.05 Å². The molecule has 0 radical (unpaired) electrons. The number of amides is 3. The molecule has 3 saturated heterocycles. The number of morpholine rings is 1. The predicted octanol–water partition coefficient (Wildman–Crippen LogP) is 5.85. The molecule has 0 unspecified atom stereocenters. The number of nitrogens with one attached hydrogen (secondary N) is 5. The number of benzene rings is 1. The summed E-state index contributed by atoms with van der Waals surface area (Å²) in [5, 5.41) is 19.3. The minimum Gasteiger partial charge on any atom is -0.378 e. The number of likely N-dealkylation sites (tertiary alicyclic amines) is 2. The van der Waals surface area contributed by atoms with Crippen molar-refractivity contribution in [3.05, 3.63) is 108 Å². The number of anilines is 5. The molecule has 3 aromatic heterocycles. The van der Waals surface area contributed by atoms with Gasteiger partial charge in [0.15, 0.2) is 23.3 Å². The van der Waals surface area contributed by atoms with E-state index in [1.165, 1.54) is 6.08 Å². The van der Waals surface area contributed by atoms with E-state index in [1.54, 1.807) is 35.1 Å². The van der Waals surface area contributed by atoms with Gasteiger partial charge >= 0.3 is 0 Å². The van der Waals surface area contributed by atoms with Crippen LogP contribution in [0.5, 0.6) is 0 Å². The Bertz CT molecular complexity index is 2490. The second-order valence-electron chi connectivity index (χ2n) is 16.9. The Morgan fingerprint density at radius 2 is 1.51 bits per heavy atom. The highest BCUT2D eigenvalue weighted by Crippen LogP contribution is 2.35. The first-order valence-electron chi connectivity index (χ1n) is 22.1. The van der Waals surface area contributed by atoms with Gasteiger partial charge in [0.1, 0.15) is 5.82 Å². The van der Waals surface area contributed by atoms with Gasteiger partial charge in [0.05, 0.1) is 36.2 Å². The van der Waals surface area contributed by atoms with E-state index in [2.05, 4.69) is 78.1 Å². The number of rotatable bonds is 11. The molecule has 0 saturated carbocycles. The number of allylic oxidation sites excluding steroid dienone is 1. The van der Waals surface area contributed by atoms with Crippen LogP contribution in [0.15, 0.2) is 74.2 Å². The molecule has 0 spiro atoms. The summed E-state index contributed by atoms with van der Waals surface area (Å²) in [5.74, 6) is -1.26. The average molecular weight is 891 g/mol. The molecule has 4 aromatic rings. The Morgan fingerprint density at radius 1 is 0.846 bits per heavy atom. The number of pyridine rings is 2. The summed E-state index contributed by atoms with van der Waals surface area (Å²) in [5.41, 5.74) is 4.98. The van der Waals surface area contributed by atoms with Crippen LogP contribution >= 0.6 is 0 Å². The lowest BCUT2D eigenvalue weighted by Gasteiger charge is -2.40. The van der Waals surface area contributed by atoms with Gasteiger partial charge in [-0.1, -0.05) is 19.7 Å². The third-order valence-corrected chi connectivity index (χ3v) is 12.6. The van der Waals surface area contributed by atoms with Crippen LogP contribution in [0, 0.1) is 11.6 Å². The van der Waals surface area contributed by atoms with E-state index < -0.39 is 11.6 Å². The van der Waals surface area contributed by atoms with Crippen LogP contribution in [-0.2, 0) is 29.7 Å². The lowest BCUT2D eigenvalue weighted by Crippen LogP contribution is -2.46. The van der Waals surface area contributed by atoms with Crippen LogP contribution in [-0.4, -0.2) is 111 Å². The number of hydrogen-bond acceptors (Lipinski definition) is 12. The highest BCUT2D eigenvalue weighted by molar-refractivity contribution is 6.04. The molecule has 5 aliphatic heterocycles. The fraction of sp³-hybridized carbons (Fsp3) is 0.404. The number of nitrogens with zero attached hydrogens (tertiary/aromatic N) is 7. The van der Waals surface area contributed by atoms with Crippen molar-refractivity contribution in [3.63, 3.8) is 0 Å². The van der Waals surface area contributed by atoms with Crippen molar-refractivity contribution < 1.29 is 27.9 Å². The molecule has 18 heteroatoms. The lowest BCUT2D eigenvalue weighted by atomic mass is 9.98. The number of carbonyl (C=O) groups excluding carboxylic acids is 3. The van der Waals surface area contributed by atoms with Crippen LogP contribution in [0.3, 0.4) is 0 Å². The lowest BCUT2D eigenvalue weighted by molar-refractivity contribution is -0.126. The summed E-state index contributed by atoms with van der Waals surface area (Å²) in [4.78, 5) is 52.2. The monoisotopic (exact) mass is 890 g/mol. The summed E-state index contributed by atoms with van der Waals surface area (Å²) in [6, 6.07) is 8.06. The quantitative estimate of drug-likeness (QED) is 0.0900. The summed E-state index contributed by atoms with van der Waals surface area (Å²) in [6.45, 7) is 18.7. The van der Waals surface area contributed by atoms with E-state index >= 15 is 8.78 Å². The second kappa shape index (κ2) is 19.5. The van der Waals surface area contributed by atoms with Crippen molar-refractivity contribution in [3.8, 4) is 11.3 Å². The Morgan fingerprint density at radius 3 is 2.17 bits per heavy atom. The first-order chi connectivity index (χ1) is 31.4. The van der Waals surface area contributed by atoms with Gasteiger partial charge in [0.25, 0.3) is 11.8 Å². The molecule has 5 aliphatic rings. The standard InChI is InChI=1S/C26H31FN6O3.C21H25FN6O/c1-2-21(34)33-10-4-3-5-18(16-33)30-25-23(27)20-15-28-26(35)22(20)24(31-25)29-17-6-8-19(9-7-17)32-11-13-36-14-12-32;1-5-12(2)28-11-15(7-6-13(28)3)25-20-18(22)16-9-23-21(29)17(16)19(26-20)14-8-24-27(4)10-14/h2,6-9,18H,1,3-5,10-16H2,(H,28,35)(H2,29,30,31);5,8,10,13,15H,1-2,6-7,9,11H2,3-4H3,(H,23,29)(H,25,26)/t18-;13-,15+/m11/s1. The van der Waals surface area contributed by atoms with Crippen LogP contribution in [0.4, 0.5) is 37.6 Å². The smallest absolute Gasteiger partial charge is 0.255 e. The number of ether oxygens (including phenoxy) is 1. The van der Waals surface area contributed by atoms with Gasteiger partial charge in [-0.15, -0.1) is 0 Å². The molecule has 9 rings (SSSR count). The molecule has 3 atom stereocenters. The minimum atomic E-state index is -0.539. The van der Waals surface area contributed by atoms with E-state index in [0.29, 0.717) is 67.1 Å². The maximum Gasteiger partial charge on any atom is 0.255 e. The largest absolute Gasteiger partial charge is 0.378 e. The molecule has 342 valence electrons. The molecule has 3 amide bonds. The number of piperidine rings is 1. The number of fused-ring (bicyclic) bond motifs is 2. The van der Waals surface area contributed by atoms with Gasteiger partial charge in [-0.3, -0.25) is 19.1 Å². The third kappa shape index (κ3) is 9.67. The predicted molar refractivity (Wildman–Crippen MR) is 246 cm³/mol. The minimum absolute atomic E-state index is 0.00904. The zero-order chi connectivity index (χ0) is 45.8. The maximum atomic E-state index is 15.4. The summed E-state index contributed by atoms with van der Waals surface area (Å²) >= 11 is 0. The number of carbonyl (C=O) groups is 3. The topological polar surface area (TPSA) is 174 Å². The zero-order valence-corrected chi connectivity index (χ0v) is 36.9. The van der Waals surface area contributed by atoms with E-state index in [1.807, 2.05) is 24.3 Å². The van der Waals surface area contributed by atoms with E-state index in [9.17, 15) is 14.4 Å². The molecular formula is C47H56F2N12O4. The van der Waals surface area contributed by atoms with E-state index in [-0.39, 0.29) is 65.7 Å². The van der Waals surface area contributed by atoms with Gasteiger partial charge in [-0.25, -0.2) is 18.7 Å². The highest BCUT2D eigenvalue weighted by atomic mass is 19.1. The van der Waals surface area contributed by atoms with Crippen LogP contribution < -0.4 is 31.5 Å². The Kier molecular flexibility index (Phi) is 13.4. The van der Waals surface area contributed by atoms with Gasteiger partial charge in [0.2, 0.25) is 5.91 Å². The van der Waals surface area contributed by atoms with E-state index in [4.69, 9.17) is 4.74 Å². The summed E-state index contributed by atoms with van der Waals surface area (Å²) in [6.07, 6.45) is 10.9. The molecule has 16 nitrogen and oxygen atoms in total. The molecular weight excluding hydrogens is 835 g/mol. The van der Waals surface area contributed by atoms with E-state index in [0.717, 1.165) is 62.3 Å². The normalized spacial score (nSPS) is 20.3. The summed E-state index contributed by atoms with van der Waals surface area (Å²) in [7, 11) is 1.79. The van der Waals surface area contributed by atoms with Gasteiger partial charge in [0, 0.05) is 111 Å². The van der Waals surface area contributed by atoms with Crippen LogP contribution in [0.1, 0.15) is 70.9 Å². The van der Waals surface area contributed by atoms with Crippen molar-refractivity contribution in [2.45, 2.75) is 70.2 Å². The van der Waals surface area contributed by atoms with Crippen molar-refractivity contribution in [1.82, 2.24) is 40.2 Å². The fourth-order valence-corrected chi connectivity index (χ4v) is 9.03. The molecule has 65 heavy (non-hydrogen) atoms. The second-order valence-corrected chi connectivity index (χ2v) is 16.9. The Hall–Kier alpha value is -6.82. The summed E-state index contributed by atoms with van der Waals surface area (Å²) < 4.78 is 37.7. The molecule has 5 N–H and O–H groups in total. The maximum absolute atomic E-state index is 15.4. The number of hydrogen-bond donors (Lipinski definition) is 5.